The molecule has 1 unspecified atom stereocenters. The highest BCUT2D eigenvalue weighted by Gasteiger charge is 2.26. The lowest BCUT2D eigenvalue weighted by Crippen LogP contribution is -2.41. The Morgan fingerprint density at radius 3 is 3.00 bits per heavy atom. The molecule has 1 aliphatic rings. The molecule has 1 aliphatic heterocycles. The summed E-state index contributed by atoms with van der Waals surface area (Å²) in [5.41, 5.74) is 0. The number of nitrogens with one attached hydrogen (secondary N) is 1. The van der Waals surface area contributed by atoms with Gasteiger partial charge in [0.1, 0.15) is 5.82 Å². The van der Waals surface area contributed by atoms with Crippen LogP contribution in [-0.2, 0) is 10.2 Å². The highest BCUT2D eigenvalue weighted by molar-refractivity contribution is 7.87. The Kier molecular flexibility index (Phi) is 3.53. The fourth-order valence-corrected chi connectivity index (χ4v) is 2.79. The van der Waals surface area contributed by atoms with E-state index in [1.165, 1.54) is 0 Å². The molecular weight excluding hydrogens is 264 g/mol. The Labute approximate surface area is 105 Å². The fourth-order valence-electron chi connectivity index (χ4n) is 1.89. The fraction of sp³-hybridized carbons (Fsp3) is 0.444. The van der Waals surface area contributed by atoms with Gasteiger partial charge in [-0.1, -0.05) is 11.6 Å². The van der Waals surface area contributed by atoms with Crippen LogP contribution in [-0.4, -0.2) is 32.5 Å². The topological polar surface area (TPSA) is 88.3 Å². The maximum atomic E-state index is 10.9. The van der Waals surface area contributed by atoms with E-state index >= 15 is 0 Å². The van der Waals surface area contributed by atoms with E-state index in [1.807, 2.05) is 4.90 Å². The minimum atomic E-state index is -3.65. The molecule has 1 atom stereocenters. The number of rotatable bonds is 3. The van der Waals surface area contributed by atoms with Crippen molar-refractivity contribution < 1.29 is 8.42 Å². The van der Waals surface area contributed by atoms with Crippen molar-refractivity contribution in [1.29, 1.82) is 0 Å². The summed E-state index contributed by atoms with van der Waals surface area (Å²) in [4.78, 5) is 6.11. The maximum Gasteiger partial charge on any atom is 0.274 e. The number of nitrogens with zero attached hydrogens (tertiary/aromatic N) is 2. The van der Waals surface area contributed by atoms with Gasteiger partial charge in [0.05, 0.1) is 5.02 Å². The summed E-state index contributed by atoms with van der Waals surface area (Å²) in [5.74, 6) is 0.674. The second-order valence-corrected chi connectivity index (χ2v) is 5.64. The minimum Gasteiger partial charge on any atom is -0.354 e. The molecule has 2 heterocycles. The molecule has 0 aromatic carbocycles. The number of anilines is 1. The number of pyridine rings is 1. The van der Waals surface area contributed by atoms with Crippen LogP contribution in [0, 0.1) is 0 Å². The van der Waals surface area contributed by atoms with Crippen LogP contribution in [0.3, 0.4) is 0 Å². The smallest absolute Gasteiger partial charge is 0.274 e. The molecule has 17 heavy (non-hydrogen) atoms. The van der Waals surface area contributed by atoms with Gasteiger partial charge in [-0.25, -0.2) is 10.1 Å². The van der Waals surface area contributed by atoms with Gasteiger partial charge in [-0.15, -0.1) is 0 Å². The summed E-state index contributed by atoms with van der Waals surface area (Å²) in [5, 5.41) is 5.49. The van der Waals surface area contributed by atoms with E-state index < -0.39 is 10.2 Å². The van der Waals surface area contributed by atoms with Crippen LogP contribution in [0.1, 0.15) is 6.42 Å². The van der Waals surface area contributed by atoms with Gasteiger partial charge in [0.15, 0.2) is 0 Å². The normalized spacial score (nSPS) is 20.8. The summed E-state index contributed by atoms with van der Waals surface area (Å²) in [7, 11) is -3.65. The standard InChI is InChI=1S/C9H13ClN4O2S/c10-8-2-1-4-12-9(8)14-5-3-7(6-14)13-17(11,15)16/h1-2,4,7,13H,3,5-6H2,(H2,11,15,16). The summed E-state index contributed by atoms with van der Waals surface area (Å²) in [6, 6.07) is 3.31. The molecule has 0 radical (unpaired) electrons. The first-order valence-corrected chi connectivity index (χ1v) is 7.03. The van der Waals surface area contributed by atoms with Crippen molar-refractivity contribution >= 4 is 27.6 Å². The first-order valence-electron chi connectivity index (χ1n) is 5.11. The minimum absolute atomic E-state index is 0.192. The van der Waals surface area contributed by atoms with Crippen LogP contribution in [0.15, 0.2) is 18.3 Å². The SMILES string of the molecule is NS(=O)(=O)NC1CCN(c2ncccc2Cl)C1. The number of hydrogen-bond donors (Lipinski definition) is 2. The van der Waals surface area contributed by atoms with Crippen molar-refractivity contribution in [2.45, 2.75) is 12.5 Å². The summed E-state index contributed by atoms with van der Waals surface area (Å²) < 4.78 is 24.2. The van der Waals surface area contributed by atoms with Crippen LogP contribution >= 0.6 is 11.6 Å². The Bertz CT molecular complexity index is 507. The lowest BCUT2D eigenvalue weighted by atomic mass is 10.3. The first-order chi connectivity index (χ1) is 7.96. The van der Waals surface area contributed by atoms with Gasteiger partial charge < -0.3 is 4.90 Å². The van der Waals surface area contributed by atoms with E-state index in [9.17, 15) is 8.42 Å². The third-order valence-corrected chi connectivity index (χ3v) is 3.51. The van der Waals surface area contributed by atoms with E-state index in [-0.39, 0.29) is 6.04 Å². The van der Waals surface area contributed by atoms with E-state index in [0.29, 0.717) is 30.4 Å². The number of nitrogens with two attached hydrogens (primary N) is 1. The predicted molar refractivity (Wildman–Crippen MR) is 66.1 cm³/mol. The van der Waals surface area contributed by atoms with E-state index in [0.717, 1.165) is 0 Å². The van der Waals surface area contributed by atoms with Gasteiger partial charge in [-0.3, -0.25) is 0 Å². The summed E-state index contributed by atoms with van der Waals surface area (Å²) in [6.07, 6.45) is 2.34. The second kappa shape index (κ2) is 4.77. The Morgan fingerprint density at radius 1 is 1.59 bits per heavy atom. The van der Waals surface area contributed by atoms with Crippen molar-refractivity contribution in [2.75, 3.05) is 18.0 Å². The zero-order valence-corrected chi connectivity index (χ0v) is 10.6. The predicted octanol–water partition coefficient (Wildman–Crippen LogP) is 0.107. The molecule has 0 saturated carbocycles. The number of aromatic nitrogens is 1. The van der Waals surface area contributed by atoms with Gasteiger partial charge in [0.2, 0.25) is 0 Å². The third-order valence-electron chi connectivity index (χ3n) is 2.56. The second-order valence-electron chi connectivity index (χ2n) is 3.90. The average Bonchev–Trinajstić information content (AvgIpc) is 2.64. The van der Waals surface area contributed by atoms with Crippen molar-refractivity contribution in [1.82, 2.24) is 9.71 Å². The lowest BCUT2D eigenvalue weighted by Gasteiger charge is -2.18. The zero-order valence-electron chi connectivity index (χ0n) is 9.01. The average molecular weight is 277 g/mol. The molecule has 2 rings (SSSR count). The van der Waals surface area contributed by atoms with Crippen molar-refractivity contribution in [3.63, 3.8) is 0 Å². The van der Waals surface area contributed by atoms with Crippen LogP contribution < -0.4 is 14.8 Å². The molecule has 94 valence electrons. The van der Waals surface area contributed by atoms with Crippen molar-refractivity contribution in [3.05, 3.63) is 23.4 Å². The molecule has 6 nitrogen and oxygen atoms in total. The molecular formula is C9H13ClN4O2S. The Morgan fingerprint density at radius 2 is 2.35 bits per heavy atom. The summed E-state index contributed by atoms with van der Waals surface area (Å²) >= 11 is 6.02. The maximum absolute atomic E-state index is 10.9. The molecule has 0 aliphatic carbocycles. The highest BCUT2D eigenvalue weighted by Crippen LogP contribution is 2.25. The molecule has 1 aromatic heterocycles. The molecule has 3 N–H and O–H groups in total. The molecule has 0 amide bonds. The van der Waals surface area contributed by atoms with Crippen LogP contribution in [0.4, 0.5) is 5.82 Å². The zero-order chi connectivity index (χ0) is 12.5. The quantitative estimate of drug-likeness (QED) is 0.820. The molecule has 1 fully saturated rings. The van der Waals surface area contributed by atoms with E-state index in [1.54, 1.807) is 18.3 Å². The van der Waals surface area contributed by atoms with Crippen LogP contribution in [0.2, 0.25) is 5.02 Å². The lowest BCUT2D eigenvalue weighted by molar-refractivity contribution is 0.563. The molecule has 1 saturated heterocycles. The van der Waals surface area contributed by atoms with Crippen molar-refractivity contribution in [2.24, 2.45) is 5.14 Å². The molecule has 8 heteroatoms. The number of halogens is 1. The van der Waals surface area contributed by atoms with E-state index in [2.05, 4.69) is 9.71 Å². The first kappa shape index (κ1) is 12.6. The van der Waals surface area contributed by atoms with Gasteiger partial charge >= 0.3 is 0 Å². The third kappa shape index (κ3) is 3.29. The largest absolute Gasteiger partial charge is 0.354 e. The number of hydrogen-bond acceptors (Lipinski definition) is 4. The van der Waals surface area contributed by atoms with E-state index in [4.69, 9.17) is 16.7 Å². The van der Waals surface area contributed by atoms with Gasteiger partial charge in [-0.2, -0.15) is 13.1 Å². The summed E-state index contributed by atoms with van der Waals surface area (Å²) in [6.45, 7) is 1.22. The van der Waals surface area contributed by atoms with Crippen LogP contribution in [0.25, 0.3) is 0 Å². The molecule has 1 aromatic rings. The Hall–Kier alpha value is -0.890. The highest BCUT2D eigenvalue weighted by atomic mass is 35.5. The monoisotopic (exact) mass is 276 g/mol. The Balaban J connectivity index is 2.06. The van der Waals surface area contributed by atoms with Gasteiger partial charge in [-0.05, 0) is 18.6 Å². The van der Waals surface area contributed by atoms with Gasteiger partial charge in [0.25, 0.3) is 10.2 Å². The molecule has 0 spiro atoms. The molecule has 0 bridgehead atoms. The van der Waals surface area contributed by atoms with Crippen molar-refractivity contribution in [3.8, 4) is 0 Å². The van der Waals surface area contributed by atoms with Gasteiger partial charge in [0, 0.05) is 25.3 Å². The van der Waals surface area contributed by atoms with Crippen LogP contribution in [0.5, 0.6) is 0 Å².